The van der Waals surface area contributed by atoms with E-state index in [4.69, 9.17) is 16.4 Å². The number of carbonyl (C=O) groups excluding carboxylic acids is 1. The van der Waals surface area contributed by atoms with Crippen LogP contribution in [-0.2, 0) is 6.42 Å². The van der Waals surface area contributed by atoms with Crippen LogP contribution in [0.4, 0.5) is 5.69 Å². The number of nitrogens with one attached hydrogen (secondary N) is 2. The Morgan fingerprint density at radius 3 is 3.00 bits per heavy atom. The highest BCUT2D eigenvalue weighted by atomic mass is 16.2. The standard InChI is InChI=1S/C13H14N6O/c1-19-5-4-8-2-3-9(6-10(8)13(19)20)17-18-11(7-14)12(15)16/h2-3,6,17H,4-5H2,1H3,(H3,15,16)/b18-11+. The third-order valence-electron chi connectivity index (χ3n) is 3.06. The first-order valence-electron chi connectivity index (χ1n) is 5.99. The van der Waals surface area contributed by atoms with E-state index in [-0.39, 0.29) is 11.6 Å². The average molecular weight is 270 g/mol. The summed E-state index contributed by atoms with van der Waals surface area (Å²) in [6.07, 6.45) is 0.817. The zero-order valence-electron chi connectivity index (χ0n) is 11.0. The maximum atomic E-state index is 12.0. The third-order valence-corrected chi connectivity index (χ3v) is 3.06. The van der Waals surface area contributed by atoms with Crippen LogP contribution >= 0.6 is 0 Å². The van der Waals surface area contributed by atoms with E-state index in [1.165, 1.54) is 0 Å². The first-order chi connectivity index (χ1) is 9.52. The molecule has 0 saturated carbocycles. The summed E-state index contributed by atoms with van der Waals surface area (Å²) in [5, 5.41) is 19.6. The van der Waals surface area contributed by atoms with Crippen LogP contribution in [0.5, 0.6) is 0 Å². The minimum absolute atomic E-state index is 0.0362. The fourth-order valence-electron chi connectivity index (χ4n) is 1.92. The predicted octanol–water partition coefficient (Wildman–Crippen LogP) is 0.542. The summed E-state index contributed by atoms with van der Waals surface area (Å²) in [5.74, 6) is -0.445. The normalized spacial score (nSPS) is 14.5. The molecule has 1 heterocycles. The summed E-state index contributed by atoms with van der Waals surface area (Å²) >= 11 is 0. The van der Waals surface area contributed by atoms with E-state index in [0.29, 0.717) is 17.8 Å². The van der Waals surface area contributed by atoms with Gasteiger partial charge in [0.1, 0.15) is 6.07 Å². The lowest BCUT2D eigenvalue weighted by atomic mass is 9.99. The molecule has 1 aliphatic heterocycles. The predicted molar refractivity (Wildman–Crippen MR) is 75.7 cm³/mol. The van der Waals surface area contributed by atoms with Gasteiger partial charge in [-0.15, -0.1) is 0 Å². The zero-order valence-corrected chi connectivity index (χ0v) is 11.0. The maximum absolute atomic E-state index is 12.0. The minimum Gasteiger partial charge on any atom is -0.382 e. The summed E-state index contributed by atoms with van der Waals surface area (Å²) in [6, 6.07) is 7.03. The van der Waals surface area contributed by atoms with Gasteiger partial charge in [0.25, 0.3) is 5.91 Å². The van der Waals surface area contributed by atoms with Crippen molar-refractivity contribution in [2.45, 2.75) is 6.42 Å². The van der Waals surface area contributed by atoms with Crippen LogP contribution in [0, 0.1) is 16.7 Å². The lowest BCUT2D eigenvalue weighted by Crippen LogP contribution is -2.34. The van der Waals surface area contributed by atoms with Gasteiger partial charge in [-0.05, 0) is 24.1 Å². The van der Waals surface area contributed by atoms with E-state index in [0.717, 1.165) is 12.0 Å². The Balaban J connectivity index is 2.26. The van der Waals surface area contributed by atoms with Crippen molar-refractivity contribution >= 4 is 23.1 Å². The molecule has 0 atom stereocenters. The van der Waals surface area contributed by atoms with Crippen molar-refractivity contribution in [3.8, 4) is 6.07 Å². The molecule has 4 N–H and O–H groups in total. The molecule has 1 aliphatic rings. The Kier molecular flexibility index (Phi) is 3.66. The van der Waals surface area contributed by atoms with Gasteiger partial charge in [-0.25, -0.2) is 0 Å². The summed E-state index contributed by atoms with van der Waals surface area (Å²) < 4.78 is 0. The van der Waals surface area contributed by atoms with E-state index in [1.807, 2.05) is 6.07 Å². The lowest BCUT2D eigenvalue weighted by molar-refractivity contribution is 0.0781. The highest BCUT2D eigenvalue weighted by molar-refractivity contribution is 6.45. The smallest absolute Gasteiger partial charge is 0.253 e. The second kappa shape index (κ2) is 5.40. The molecule has 0 spiro atoms. The van der Waals surface area contributed by atoms with Gasteiger partial charge in [0.05, 0.1) is 5.69 Å². The van der Waals surface area contributed by atoms with Crippen LogP contribution in [0.25, 0.3) is 0 Å². The third kappa shape index (κ3) is 2.59. The molecule has 1 amide bonds. The molecule has 7 heteroatoms. The van der Waals surface area contributed by atoms with Crippen molar-refractivity contribution in [3.05, 3.63) is 29.3 Å². The molecule has 7 nitrogen and oxygen atoms in total. The Hall–Kier alpha value is -2.88. The van der Waals surface area contributed by atoms with E-state index in [9.17, 15) is 4.79 Å². The van der Waals surface area contributed by atoms with E-state index in [1.54, 1.807) is 30.1 Å². The number of carbonyl (C=O) groups is 1. The van der Waals surface area contributed by atoms with E-state index in [2.05, 4.69) is 10.5 Å². The van der Waals surface area contributed by atoms with Crippen molar-refractivity contribution in [1.29, 1.82) is 10.7 Å². The molecular formula is C13H14N6O. The van der Waals surface area contributed by atoms with Gasteiger partial charge >= 0.3 is 0 Å². The molecule has 0 saturated heterocycles. The van der Waals surface area contributed by atoms with Crippen LogP contribution < -0.4 is 11.2 Å². The van der Waals surface area contributed by atoms with Crippen LogP contribution in [0.2, 0.25) is 0 Å². The number of fused-ring (bicyclic) bond motifs is 1. The summed E-state index contributed by atoms with van der Waals surface area (Å²) in [7, 11) is 1.76. The molecule has 0 aromatic heterocycles. The fraction of sp³-hybridized carbons (Fsp3) is 0.231. The Morgan fingerprint density at radius 2 is 2.35 bits per heavy atom. The topological polar surface area (TPSA) is 118 Å². The number of amides is 1. The van der Waals surface area contributed by atoms with Gasteiger partial charge in [-0.1, -0.05) is 6.07 Å². The number of anilines is 1. The molecule has 0 fully saturated rings. The molecular weight excluding hydrogens is 256 g/mol. The van der Waals surface area contributed by atoms with Crippen LogP contribution in [0.3, 0.4) is 0 Å². The van der Waals surface area contributed by atoms with Gasteiger partial charge in [0.15, 0.2) is 5.84 Å². The number of amidine groups is 1. The highest BCUT2D eigenvalue weighted by Gasteiger charge is 2.21. The van der Waals surface area contributed by atoms with Gasteiger partial charge in [0, 0.05) is 19.2 Å². The first-order valence-corrected chi connectivity index (χ1v) is 5.99. The maximum Gasteiger partial charge on any atom is 0.253 e. The Morgan fingerprint density at radius 1 is 1.60 bits per heavy atom. The number of likely N-dealkylation sites (N-methyl/N-ethyl adjacent to an activating group) is 1. The molecule has 0 unspecified atom stereocenters. The molecule has 0 radical (unpaired) electrons. The fourth-order valence-corrected chi connectivity index (χ4v) is 1.92. The number of rotatable bonds is 3. The number of nitrogens with two attached hydrogens (primary N) is 1. The van der Waals surface area contributed by atoms with E-state index >= 15 is 0 Å². The van der Waals surface area contributed by atoms with E-state index < -0.39 is 5.84 Å². The molecule has 20 heavy (non-hydrogen) atoms. The summed E-state index contributed by atoms with van der Waals surface area (Å²) in [6.45, 7) is 0.708. The number of hydrazone groups is 1. The van der Waals surface area contributed by atoms with Crippen LogP contribution in [0.15, 0.2) is 23.3 Å². The number of benzene rings is 1. The molecule has 1 aromatic rings. The van der Waals surface area contributed by atoms with Crippen molar-refractivity contribution in [1.82, 2.24) is 4.90 Å². The van der Waals surface area contributed by atoms with Gasteiger partial charge in [-0.3, -0.25) is 15.6 Å². The molecule has 0 bridgehead atoms. The minimum atomic E-state index is -0.409. The van der Waals surface area contributed by atoms with Crippen molar-refractivity contribution in [2.75, 3.05) is 19.0 Å². The quantitative estimate of drug-likeness (QED) is 0.422. The highest BCUT2D eigenvalue weighted by Crippen LogP contribution is 2.21. The van der Waals surface area contributed by atoms with Crippen LogP contribution in [0.1, 0.15) is 15.9 Å². The molecule has 2 rings (SSSR count). The monoisotopic (exact) mass is 270 g/mol. The first kappa shape index (κ1) is 13.5. The number of hydrogen-bond donors (Lipinski definition) is 3. The molecule has 0 aliphatic carbocycles. The SMILES string of the molecule is CN1CCc2ccc(N/N=C(\C#N)C(=N)N)cc2C1=O. The van der Waals surface area contributed by atoms with Gasteiger partial charge in [-0.2, -0.15) is 10.4 Å². The van der Waals surface area contributed by atoms with Gasteiger partial charge < -0.3 is 10.6 Å². The zero-order chi connectivity index (χ0) is 14.7. The second-order valence-electron chi connectivity index (χ2n) is 4.45. The Bertz CT molecular complexity index is 643. The number of nitrogens with zero attached hydrogens (tertiary/aromatic N) is 3. The second-order valence-corrected chi connectivity index (χ2v) is 4.45. The van der Waals surface area contributed by atoms with Crippen molar-refractivity contribution < 1.29 is 4.79 Å². The molecule has 1 aromatic carbocycles. The summed E-state index contributed by atoms with van der Waals surface area (Å²) in [4.78, 5) is 13.7. The lowest BCUT2D eigenvalue weighted by Gasteiger charge is -2.25. The number of nitriles is 1. The molecule has 102 valence electrons. The van der Waals surface area contributed by atoms with Crippen LogP contribution in [-0.4, -0.2) is 35.9 Å². The largest absolute Gasteiger partial charge is 0.382 e. The number of hydrogen-bond acceptors (Lipinski definition) is 5. The Labute approximate surface area is 116 Å². The average Bonchev–Trinajstić information content (AvgIpc) is 2.43. The van der Waals surface area contributed by atoms with Crippen molar-refractivity contribution in [3.63, 3.8) is 0 Å². The van der Waals surface area contributed by atoms with Crippen molar-refractivity contribution in [2.24, 2.45) is 10.8 Å². The summed E-state index contributed by atoms with van der Waals surface area (Å²) in [5.41, 5.74) is 9.82. The van der Waals surface area contributed by atoms with Gasteiger partial charge in [0.2, 0.25) is 5.71 Å².